The molecule has 4 unspecified atom stereocenters. The van der Waals surface area contributed by atoms with Crippen molar-refractivity contribution in [3.8, 4) is 0 Å². The lowest BCUT2D eigenvalue weighted by molar-refractivity contribution is -0.146. The largest absolute Gasteiger partial charge is 0.499 e. The third-order valence-electron chi connectivity index (χ3n) is 20.6. The number of esters is 2. The highest BCUT2D eigenvalue weighted by atomic mass is 16.6. The Kier molecular flexibility index (Phi) is 77.0. The van der Waals surface area contributed by atoms with E-state index in [1.165, 1.54) is 321 Å². The molecule has 12 heteroatoms. The quantitative estimate of drug-likeness (QED) is 0.0343. The molecule has 0 heterocycles. The minimum atomic E-state index is -0.119. The van der Waals surface area contributed by atoms with Crippen LogP contribution in [0.3, 0.4) is 0 Å². The van der Waals surface area contributed by atoms with Gasteiger partial charge in [-0.25, -0.2) is 0 Å². The molecule has 0 saturated carbocycles. The van der Waals surface area contributed by atoms with Crippen LogP contribution in [0.25, 0.3) is 0 Å². The third kappa shape index (κ3) is 69.9. The van der Waals surface area contributed by atoms with E-state index in [2.05, 4.69) is 51.5 Å². The predicted octanol–water partition coefficient (Wildman–Crippen LogP) is 24.6. The summed E-state index contributed by atoms with van der Waals surface area (Å²) in [4.78, 5) is 49.9. The first-order valence-corrected chi connectivity index (χ1v) is 42.7. The molecule has 0 aliphatic carbocycles. The molecule has 578 valence electrons. The maximum atomic E-state index is 12.8. The molecule has 0 spiro atoms. The molecule has 0 bridgehead atoms. The molecule has 98 heavy (non-hydrogen) atoms. The van der Waals surface area contributed by atoms with Gasteiger partial charge in [0.05, 0.1) is 39.0 Å². The minimum absolute atomic E-state index is 0.111. The van der Waals surface area contributed by atoms with Crippen LogP contribution in [0.4, 0.5) is 0 Å². The molecule has 0 aromatic heterocycles. The van der Waals surface area contributed by atoms with E-state index in [0.29, 0.717) is 91.6 Å². The zero-order valence-electron chi connectivity index (χ0n) is 65.5. The van der Waals surface area contributed by atoms with Crippen LogP contribution < -0.4 is 10.6 Å². The molecule has 0 rings (SSSR count). The van der Waals surface area contributed by atoms with Crippen molar-refractivity contribution < 1.29 is 47.6 Å². The second-order valence-corrected chi connectivity index (χ2v) is 29.3. The zero-order valence-corrected chi connectivity index (χ0v) is 65.5. The first-order valence-electron chi connectivity index (χ1n) is 42.7. The number of hydrogen-bond donors (Lipinski definition) is 2. The standard InChI is InChI=1S/C86H164N2O10/c1-7-13-17-21-33-45-57-79(81(59-47-35-23-19-15-9-3)63-51-39-27-31-43-55-67-85(91)97-77-75-95-73-71-93-11-5)61-49-37-25-29-41-53-65-83(89)87-69-70-88-84(90)66-54-42-30-26-38-50-62-80(58-46-34-22-18-14-8-2)82(60-48-36-24-20-16-10-4)64-52-40-28-32-44-56-68-86(92)98-78-76-96-74-72-94-12-6/h11-12,79-82H,5-10,13-78H2,1-4H3,(H,87,89)(H,88,90). The number of hydrogen-bond acceptors (Lipinski definition) is 10. The molecule has 2 amide bonds. The van der Waals surface area contributed by atoms with Crippen LogP contribution in [0.5, 0.6) is 0 Å². The van der Waals surface area contributed by atoms with E-state index in [1.54, 1.807) is 0 Å². The summed E-state index contributed by atoms with van der Waals surface area (Å²) >= 11 is 0. The summed E-state index contributed by atoms with van der Waals surface area (Å²) in [6.07, 6.45) is 77.4. The average molecular weight is 1390 g/mol. The van der Waals surface area contributed by atoms with Crippen molar-refractivity contribution in [3.05, 3.63) is 25.7 Å². The molecule has 0 saturated heterocycles. The predicted molar refractivity (Wildman–Crippen MR) is 416 cm³/mol. The lowest BCUT2D eigenvalue weighted by Gasteiger charge is -2.28. The van der Waals surface area contributed by atoms with Gasteiger partial charge in [0.2, 0.25) is 11.8 Å². The first kappa shape index (κ1) is 94.9. The molecule has 4 atom stereocenters. The van der Waals surface area contributed by atoms with Crippen LogP contribution in [-0.2, 0) is 47.6 Å². The van der Waals surface area contributed by atoms with E-state index >= 15 is 0 Å². The number of ether oxygens (including phenoxy) is 6. The summed E-state index contributed by atoms with van der Waals surface area (Å²) in [6, 6.07) is 0. The molecular formula is C86H164N2O10. The van der Waals surface area contributed by atoms with E-state index < -0.39 is 0 Å². The number of rotatable bonds is 83. The summed E-state index contributed by atoms with van der Waals surface area (Å²) in [6.45, 7) is 20.6. The fourth-order valence-corrected chi connectivity index (χ4v) is 14.5. The maximum absolute atomic E-state index is 12.8. The van der Waals surface area contributed by atoms with E-state index in [-0.39, 0.29) is 23.8 Å². The molecule has 0 aliphatic heterocycles. The lowest BCUT2D eigenvalue weighted by Crippen LogP contribution is -2.34. The van der Waals surface area contributed by atoms with Crippen LogP contribution in [0.1, 0.15) is 413 Å². The summed E-state index contributed by atoms with van der Waals surface area (Å²) in [5.41, 5.74) is 0. The third-order valence-corrected chi connectivity index (χ3v) is 20.6. The van der Waals surface area contributed by atoms with Crippen molar-refractivity contribution >= 4 is 23.8 Å². The van der Waals surface area contributed by atoms with Crippen LogP contribution >= 0.6 is 0 Å². The number of unbranched alkanes of at least 4 members (excludes halogenated alkanes) is 40. The van der Waals surface area contributed by atoms with Crippen molar-refractivity contribution in [1.29, 1.82) is 0 Å². The number of carbonyl (C=O) groups is 4. The number of amides is 2. The molecule has 0 aromatic carbocycles. The Morgan fingerprint density at radius 2 is 0.469 bits per heavy atom. The second-order valence-electron chi connectivity index (χ2n) is 29.3. The van der Waals surface area contributed by atoms with Gasteiger partial charge in [0.15, 0.2) is 0 Å². The minimum Gasteiger partial charge on any atom is -0.499 e. The molecule has 0 radical (unpaired) electrons. The van der Waals surface area contributed by atoms with E-state index in [1.807, 2.05) is 0 Å². The molecule has 2 N–H and O–H groups in total. The van der Waals surface area contributed by atoms with Gasteiger partial charge in [-0.2, -0.15) is 0 Å². The molecule has 0 aromatic rings. The Balaban J connectivity index is 4.77. The zero-order chi connectivity index (χ0) is 71.2. The van der Waals surface area contributed by atoms with Gasteiger partial charge in [-0.15, -0.1) is 0 Å². The lowest BCUT2D eigenvalue weighted by atomic mass is 9.78. The van der Waals surface area contributed by atoms with Crippen molar-refractivity contribution in [2.24, 2.45) is 23.7 Å². The number of carbonyl (C=O) groups excluding carboxylic acids is 4. The van der Waals surface area contributed by atoms with Gasteiger partial charge in [0.1, 0.15) is 26.4 Å². The van der Waals surface area contributed by atoms with E-state index in [4.69, 9.17) is 28.4 Å². The van der Waals surface area contributed by atoms with Crippen molar-refractivity contribution in [2.75, 3.05) is 65.9 Å². The molecule has 12 nitrogen and oxygen atoms in total. The topological polar surface area (TPSA) is 148 Å². The highest BCUT2D eigenvalue weighted by molar-refractivity contribution is 5.77. The second kappa shape index (κ2) is 79.6. The monoisotopic (exact) mass is 1390 g/mol. The summed E-state index contributed by atoms with van der Waals surface area (Å²) in [7, 11) is 0. The van der Waals surface area contributed by atoms with Gasteiger partial charge in [0, 0.05) is 38.8 Å². The van der Waals surface area contributed by atoms with Gasteiger partial charge >= 0.3 is 11.9 Å². The van der Waals surface area contributed by atoms with E-state index in [0.717, 1.165) is 75.0 Å². The van der Waals surface area contributed by atoms with Gasteiger partial charge in [-0.3, -0.25) is 19.2 Å². The van der Waals surface area contributed by atoms with Crippen LogP contribution in [-0.4, -0.2) is 89.7 Å². The van der Waals surface area contributed by atoms with Crippen LogP contribution in [0, 0.1) is 23.7 Å². The molecule has 0 aliphatic rings. The smallest absolute Gasteiger partial charge is 0.305 e. The Hall–Kier alpha value is -3.12. The Labute approximate surface area is 607 Å². The van der Waals surface area contributed by atoms with Gasteiger partial charge < -0.3 is 39.1 Å². The maximum Gasteiger partial charge on any atom is 0.305 e. The summed E-state index contributed by atoms with van der Waals surface area (Å²) in [5.74, 6) is 3.37. The van der Waals surface area contributed by atoms with Crippen molar-refractivity contribution in [2.45, 2.75) is 413 Å². The Morgan fingerprint density at radius 1 is 0.265 bits per heavy atom. The average Bonchev–Trinajstić information content (AvgIpc) is 1.64. The molecule has 0 fully saturated rings. The highest BCUT2D eigenvalue weighted by Gasteiger charge is 2.23. The fraction of sp³-hybridized carbons (Fsp3) is 0.907. The highest BCUT2D eigenvalue weighted by Crippen LogP contribution is 2.36. The van der Waals surface area contributed by atoms with Crippen molar-refractivity contribution in [1.82, 2.24) is 10.6 Å². The van der Waals surface area contributed by atoms with Gasteiger partial charge in [0.25, 0.3) is 0 Å². The number of nitrogens with one attached hydrogen (secondary N) is 2. The van der Waals surface area contributed by atoms with Gasteiger partial charge in [-0.1, -0.05) is 375 Å². The fourth-order valence-electron chi connectivity index (χ4n) is 14.5. The van der Waals surface area contributed by atoms with E-state index in [9.17, 15) is 19.2 Å². The Morgan fingerprint density at radius 3 is 0.704 bits per heavy atom. The Bertz CT molecular complexity index is 1580. The van der Waals surface area contributed by atoms with Crippen LogP contribution in [0.2, 0.25) is 0 Å². The summed E-state index contributed by atoms with van der Waals surface area (Å²) < 4.78 is 31.6. The molecular weight excluding hydrogens is 1220 g/mol. The van der Waals surface area contributed by atoms with Gasteiger partial charge in [-0.05, 0) is 49.4 Å². The summed E-state index contributed by atoms with van der Waals surface area (Å²) in [5, 5.41) is 6.13. The van der Waals surface area contributed by atoms with Crippen molar-refractivity contribution in [3.63, 3.8) is 0 Å². The SMILES string of the molecule is C=COCCOCCOC(=O)CCCCCCCCC(CCCCCCCC)C(CCCCCCCC)CCCCCCCCC(=O)NCCNC(=O)CCCCCCCCC(CCCCCCCC)C(CCCCCCCC)CCCCCCCCC(=O)OCCOCCOC=C. The first-order chi connectivity index (χ1) is 48.3. The van der Waals surface area contributed by atoms with Crippen LogP contribution in [0.15, 0.2) is 25.7 Å². The normalized spacial score (nSPS) is 12.7.